The molecule has 3 atom stereocenters. The summed E-state index contributed by atoms with van der Waals surface area (Å²) in [6.07, 6.45) is 2.36. The fourth-order valence-corrected chi connectivity index (χ4v) is 3.62. The summed E-state index contributed by atoms with van der Waals surface area (Å²) >= 11 is 0. The highest BCUT2D eigenvalue weighted by Crippen LogP contribution is 2.48. The second kappa shape index (κ2) is 5.15. The van der Waals surface area contributed by atoms with Gasteiger partial charge in [0.1, 0.15) is 5.82 Å². The summed E-state index contributed by atoms with van der Waals surface area (Å²) in [6.45, 7) is 0.825. The van der Waals surface area contributed by atoms with Crippen molar-refractivity contribution in [2.45, 2.75) is 25.0 Å². The molecule has 0 spiro atoms. The zero-order valence-electron chi connectivity index (χ0n) is 11.8. The number of halogens is 1. The van der Waals surface area contributed by atoms with Crippen LogP contribution < -0.4 is 5.32 Å². The van der Waals surface area contributed by atoms with E-state index >= 15 is 0 Å². The van der Waals surface area contributed by atoms with E-state index in [4.69, 9.17) is 4.74 Å². The van der Waals surface area contributed by atoms with Crippen LogP contribution in [0.4, 0.5) is 10.1 Å². The van der Waals surface area contributed by atoms with Crippen LogP contribution in [0.15, 0.2) is 48.5 Å². The smallest absolute Gasteiger partial charge is 0.123 e. The van der Waals surface area contributed by atoms with Gasteiger partial charge in [0, 0.05) is 23.8 Å². The molecular formula is C18H18FNO. The fraction of sp³-hybridized carbons (Fsp3) is 0.333. The van der Waals surface area contributed by atoms with E-state index in [1.54, 1.807) is 0 Å². The molecule has 2 aromatic rings. The average Bonchev–Trinajstić information content (AvgIpc) is 2.55. The van der Waals surface area contributed by atoms with Crippen LogP contribution in [0.3, 0.4) is 0 Å². The van der Waals surface area contributed by atoms with Crippen LogP contribution in [0.5, 0.6) is 0 Å². The van der Waals surface area contributed by atoms with Gasteiger partial charge in [-0.05, 0) is 36.6 Å². The third kappa shape index (κ3) is 2.22. The molecule has 2 heterocycles. The maximum atomic E-state index is 13.2. The number of rotatable bonds is 1. The molecule has 1 fully saturated rings. The summed E-state index contributed by atoms with van der Waals surface area (Å²) in [5.41, 5.74) is 3.52. The summed E-state index contributed by atoms with van der Waals surface area (Å²) in [5, 5.41) is 3.63. The van der Waals surface area contributed by atoms with E-state index in [1.165, 1.54) is 17.7 Å². The number of hydrogen-bond acceptors (Lipinski definition) is 2. The van der Waals surface area contributed by atoms with Crippen molar-refractivity contribution in [3.8, 4) is 0 Å². The summed E-state index contributed by atoms with van der Waals surface area (Å²) in [6, 6.07) is 15.4. The molecule has 2 aromatic carbocycles. The Balaban J connectivity index is 1.76. The lowest BCUT2D eigenvalue weighted by atomic mass is 9.77. The molecule has 4 rings (SSSR count). The van der Waals surface area contributed by atoms with Crippen LogP contribution in [0, 0.1) is 11.7 Å². The van der Waals surface area contributed by atoms with Crippen LogP contribution in [0.25, 0.3) is 0 Å². The average molecular weight is 283 g/mol. The van der Waals surface area contributed by atoms with Crippen LogP contribution in [-0.2, 0) is 4.74 Å². The fourth-order valence-electron chi connectivity index (χ4n) is 3.62. The highest BCUT2D eigenvalue weighted by Gasteiger charge is 2.39. The first-order chi connectivity index (χ1) is 10.3. The quantitative estimate of drug-likeness (QED) is 0.834. The molecule has 0 amide bonds. The zero-order chi connectivity index (χ0) is 14.2. The summed E-state index contributed by atoms with van der Waals surface area (Å²) < 4.78 is 19.3. The maximum absolute atomic E-state index is 13.2. The van der Waals surface area contributed by atoms with Crippen LogP contribution >= 0.6 is 0 Å². The van der Waals surface area contributed by atoms with Gasteiger partial charge in [0.25, 0.3) is 0 Å². The third-order valence-electron chi connectivity index (χ3n) is 4.60. The molecule has 108 valence electrons. The van der Waals surface area contributed by atoms with Gasteiger partial charge in [-0.2, -0.15) is 0 Å². The summed E-state index contributed by atoms with van der Waals surface area (Å²) in [5.74, 6) is 0.213. The van der Waals surface area contributed by atoms with Crippen molar-refractivity contribution in [1.82, 2.24) is 0 Å². The normalized spacial score (nSPS) is 27.4. The second-order valence-corrected chi connectivity index (χ2v) is 5.86. The highest BCUT2D eigenvalue weighted by molar-refractivity contribution is 5.57. The molecule has 0 bridgehead atoms. The Morgan fingerprint density at radius 3 is 2.71 bits per heavy atom. The van der Waals surface area contributed by atoms with Crippen molar-refractivity contribution in [3.63, 3.8) is 0 Å². The van der Waals surface area contributed by atoms with Gasteiger partial charge in [-0.1, -0.05) is 30.3 Å². The summed E-state index contributed by atoms with van der Waals surface area (Å²) in [4.78, 5) is 0. The number of anilines is 1. The van der Waals surface area contributed by atoms with Crippen molar-refractivity contribution in [1.29, 1.82) is 0 Å². The van der Waals surface area contributed by atoms with Gasteiger partial charge in [-0.3, -0.25) is 0 Å². The molecule has 1 N–H and O–H groups in total. The molecular weight excluding hydrogens is 265 g/mol. The predicted octanol–water partition coefficient (Wildman–Crippen LogP) is 4.46. The van der Waals surface area contributed by atoms with Crippen molar-refractivity contribution >= 4 is 5.69 Å². The Morgan fingerprint density at radius 1 is 1.05 bits per heavy atom. The minimum absolute atomic E-state index is 0.145. The van der Waals surface area contributed by atoms with E-state index in [0.29, 0.717) is 5.92 Å². The third-order valence-corrected chi connectivity index (χ3v) is 4.60. The first-order valence-corrected chi connectivity index (χ1v) is 7.55. The van der Waals surface area contributed by atoms with Crippen molar-refractivity contribution in [3.05, 3.63) is 65.5 Å². The molecule has 2 nitrogen and oxygen atoms in total. The van der Waals surface area contributed by atoms with Crippen molar-refractivity contribution in [2.24, 2.45) is 5.92 Å². The topological polar surface area (TPSA) is 21.3 Å². The van der Waals surface area contributed by atoms with E-state index in [2.05, 4.69) is 23.5 Å². The van der Waals surface area contributed by atoms with Gasteiger partial charge in [-0.25, -0.2) is 4.39 Å². The van der Waals surface area contributed by atoms with Gasteiger partial charge in [-0.15, -0.1) is 0 Å². The number of benzene rings is 2. The van der Waals surface area contributed by atoms with Gasteiger partial charge < -0.3 is 10.1 Å². The molecule has 21 heavy (non-hydrogen) atoms. The molecule has 0 radical (unpaired) electrons. The highest BCUT2D eigenvalue weighted by atomic mass is 19.1. The van der Waals surface area contributed by atoms with Gasteiger partial charge in [0.2, 0.25) is 0 Å². The standard InChI is InChI=1S/C18H18FNO/c19-13-9-7-12(8-10-13)17-15-5-3-11-21-18(15)14-4-1-2-6-16(14)20-17/h1-2,4,6-10,15,17-18,20H,3,5,11H2/t15-,17+,18+/m1/s1. The minimum Gasteiger partial charge on any atom is -0.378 e. The Bertz CT molecular complexity index is 640. The lowest BCUT2D eigenvalue weighted by molar-refractivity contribution is -0.0381. The van der Waals surface area contributed by atoms with Crippen LogP contribution in [-0.4, -0.2) is 6.61 Å². The van der Waals surface area contributed by atoms with Crippen LogP contribution in [0.2, 0.25) is 0 Å². The lowest BCUT2D eigenvalue weighted by Crippen LogP contribution is -2.35. The molecule has 1 saturated heterocycles. The minimum atomic E-state index is -0.189. The van der Waals surface area contributed by atoms with Gasteiger partial charge >= 0.3 is 0 Å². The molecule has 0 aromatic heterocycles. The number of fused-ring (bicyclic) bond motifs is 3. The SMILES string of the molecule is Fc1ccc([C@@H]2Nc3ccccc3[C@@H]3OCCC[C@H]23)cc1. The molecule has 0 saturated carbocycles. The molecule has 2 aliphatic heterocycles. The number of hydrogen-bond donors (Lipinski definition) is 1. The van der Waals surface area contributed by atoms with E-state index in [1.807, 2.05) is 18.2 Å². The summed E-state index contributed by atoms with van der Waals surface area (Å²) in [7, 11) is 0. The van der Waals surface area contributed by atoms with Gasteiger partial charge in [0.05, 0.1) is 12.1 Å². The molecule has 2 aliphatic rings. The Labute approximate surface area is 123 Å². The van der Waals surface area contributed by atoms with E-state index in [0.717, 1.165) is 30.7 Å². The maximum Gasteiger partial charge on any atom is 0.123 e. The monoisotopic (exact) mass is 283 g/mol. The largest absolute Gasteiger partial charge is 0.378 e. The number of ether oxygens (including phenoxy) is 1. The van der Waals surface area contributed by atoms with E-state index in [-0.39, 0.29) is 18.0 Å². The second-order valence-electron chi connectivity index (χ2n) is 5.86. The zero-order valence-corrected chi connectivity index (χ0v) is 11.8. The van der Waals surface area contributed by atoms with Crippen molar-refractivity contribution in [2.75, 3.05) is 11.9 Å². The first kappa shape index (κ1) is 12.8. The molecule has 3 heteroatoms. The van der Waals surface area contributed by atoms with Crippen molar-refractivity contribution < 1.29 is 9.13 Å². The Morgan fingerprint density at radius 2 is 1.86 bits per heavy atom. The molecule has 0 aliphatic carbocycles. The first-order valence-electron chi connectivity index (χ1n) is 7.55. The van der Waals surface area contributed by atoms with E-state index in [9.17, 15) is 4.39 Å². The van der Waals surface area contributed by atoms with E-state index < -0.39 is 0 Å². The Kier molecular flexibility index (Phi) is 3.15. The van der Waals surface area contributed by atoms with Gasteiger partial charge in [0.15, 0.2) is 0 Å². The molecule has 0 unspecified atom stereocenters. The predicted molar refractivity (Wildman–Crippen MR) is 80.6 cm³/mol. The van der Waals surface area contributed by atoms with Crippen LogP contribution in [0.1, 0.15) is 36.1 Å². The lowest BCUT2D eigenvalue weighted by Gasteiger charge is -2.43. The number of para-hydroxylation sites is 1. The Hall–Kier alpha value is -1.87. The number of nitrogens with one attached hydrogen (secondary N) is 1.